The van der Waals surface area contributed by atoms with Gasteiger partial charge in [0.25, 0.3) is 0 Å². The Labute approximate surface area is 164 Å². The third kappa shape index (κ3) is 189. The molecule has 0 spiro atoms. The van der Waals surface area contributed by atoms with E-state index >= 15 is 0 Å². The van der Waals surface area contributed by atoms with E-state index in [0.717, 1.165) is 12.8 Å². The second-order valence-electron chi connectivity index (χ2n) is 4.15. The average Bonchev–Trinajstić information content (AvgIpc) is 2.30. The molecule has 0 saturated carbocycles. The molecule has 0 fully saturated rings. The Morgan fingerprint density at radius 1 is 0.652 bits per heavy atom. The van der Waals surface area contributed by atoms with Crippen molar-refractivity contribution in [1.29, 1.82) is 0 Å². The molecule has 0 radical (unpaired) electrons. The molecule has 0 atom stereocenters. The van der Waals surface area contributed by atoms with Crippen LogP contribution in [-0.2, 0) is 43.1 Å². The maximum Gasteiger partial charge on any atom is 2.00 e. The normalized spacial score (nSPS) is 9.83. The zero-order valence-electron chi connectivity index (χ0n) is 14.2. The Hall–Kier alpha value is 1.68. The summed E-state index contributed by atoms with van der Waals surface area (Å²) in [4.78, 5) is 45.3. The van der Waals surface area contributed by atoms with E-state index in [1.54, 1.807) is 0 Å². The Bertz CT molecular complexity index is 234. The zero-order chi connectivity index (χ0) is 18.7. The molecule has 0 rings (SSSR count). The minimum Gasteiger partial charge on any atom is -0.343 e. The Balaban J connectivity index is -0.0000000620. The molecule has 140 valence electrons. The third-order valence-electron chi connectivity index (χ3n) is 1.71. The first-order valence-electron chi connectivity index (χ1n) is 6.98. The minimum absolute atomic E-state index is 0. The van der Waals surface area contributed by atoms with Crippen molar-refractivity contribution in [2.75, 3.05) is 0 Å². The number of hydrogen-bond acceptors (Lipinski definition) is 2. The van der Waals surface area contributed by atoms with Crippen molar-refractivity contribution in [1.82, 2.24) is 0 Å². The van der Waals surface area contributed by atoms with Crippen molar-refractivity contribution in [3.8, 4) is 0 Å². The van der Waals surface area contributed by atoms with Crippen LogP contribution in [0.25, 0.3) is 0 Å². The van der Waals surface area contributed by atoms with E-state index in [2.05, 4.69) is 51.3 Å². The molecule has 0 aromatic heterocycles. The first-order valence-corrected chi connectivity index (χ1v) is 12.3. The van der Waals surface area contributed by atoms with Gasteiger partial charge in [0.15, 0.2) is 0 Å². The van der Waals surface area contributed by atoms with Crippen LogP contribution >= 0.6 is 13.4 Å². The molecule has 0 heterocycles. The van der Waals surface area contributed by atoms with Crippen molar-refractivity contribution < 1.29 is 48.8 Å². The van der Waals surface area contributed by atoms with Gasteiger partial charge in [0.05, 0.1) is 0 Å². The second kappa shape index (κ2) is 25.9. The van der Waals surface area contributed by atoms with Gasteiger partial charge in [-0.1, -0.05) is 52.4 Å². The van der Waals surface area contributed by atoms with Crippen LogP contribution in [0.2, 0.25) is 0 Å². The van der Waals surface area contributed by atoms with Crippen LogP contribution in [0.15, 0.2) is 0 Å². The molecule has 0 unspecified atom stereocenters. The Kier molecular flexibility index (Phi) is 40.3. The van der Waals surface area contributed by atoms with Crippen molar-refractivity contribution in [2.24, 2.45) is 0 Å². The molecule has 6 N–H and O–H groups in total. The third-order valence-corrected chi connectivity index (χ3v) is 1.71. The molecule has 0 aliphatic carbocycles. The molecule has 0 aliphatic rings. The van der Waals surface area contributed by atoms with E-state index < -0.39 is 13.4 Å². The maximum atomic E-state index is 7.56. The van der Waals surface area contributed by atoms with Crippen LogP contribution in [0.5, 0.6) is 0 Å². The van der Waals surface area contributed by atoms with Gasteiger partial charge < -0.3 is 43.2 Å². The van der Waals surface area contributed by atoms with Gasteiger partial charge in [-0.25, -0.2) is 0 Å². The summed E-state index contributed by atoms with van der Waals surface area (Å²) >= 11 is 7.21. The summed E-state index contributed by atoms with van der Waals surface area (Å²) < 4.78 is 0. The standard InChI is InChI=1S/2C6H13.2H3O3PS.Zn/c2*1-3-5-6-4-2;2*1-4(2,3)5;/h2*1,3-6H2,2H3;2*(H3,1,2,3,5);/q2*-1;;;+2. The fourth-order valence-electron chi connectivity index (χ4n) is 0.854. The quantitative estimate of drug-likeness (QED) is 0.154. The summed E-state index contributed by atoms with van der Waals surface area (Å²) in [7, 11) is 0. The summed E-state index contributed by atoms with van der Waals surface area (Å²) in [5, 5.41) is 0. The van der Waals surface area contributed by atoms with Crippen molar-refractivity contribution in [3.63, 3.8) is 0 Å². The Morgan fingerprint density at radius 3 is 0.870 bits per heavy atom. The van der Waals surface area contributed by atoms with Crippen LogP contribution in [-0.4, -0.2) is 29.4 Å². The molecular formula is C12H32O6P2S2Zn. The van der Waals surface area contributed by atoms with E-state index in [0.29, 0.717) is 0 Å². The molecular weight excluding hydrogens is 432 g/mol. The van der Waals surface area contributed by atoms with Gasteiger partial charge in [-0.05, 0) is 23.6 Å². The van der Waals surface area contributed by atoms with Gasteiger partial charge in [0, 0.05) is 0 Å². The monoisotopic (exact) mass is 462 g/mol. The van der Waals surface area contributed by atoms with Gasteiger partial charge >= 0.3 is 32.9 Å². The van der Waals surface area contributed by atoms with Crippen LogP contribution < -0.4 is 0 Å². The average molecular weight is 464 g/mol. The fraction of sp³-hybridized carbons (Fsp3) is 0.833. The van der Waals surface area contributed by atoms with Crippen LogP contribution in [0.4, 0.5) is 0 Å². The van der Waals surface area contributed by atoms with Crippen LogP contribution in [0, 0.1) is 13.8 Å². The largest absolute Gasteiger partial charge is 2.00 e. The molecule has 6 nitrogen and oxygen atoms in total. The summed E-state index contributed by atoms with van der Waals surface area (Å²) in [5.41, 5.74) is 0. The van der Waals surface area contributed by atoms with Gasteiger partial charge in [-0.2, -0.15) is 12.8 Å². The first kappa shape index (κ1) is 35.7. The Morgan fingerprint density at radius 2 is 0.826 bits per heavy atom. The van der Waals surface area contributed by atoms with E-state index in [9.17, 15) is 0 Å². The fourth-order valence-corrected chi connectivity index (χ4v) is 0.854. The van der Waals surface area contributed by atoms with E-state index in [4.69, 9.17) is 29.4 Å². The molecule has 0 amide bonds. The van der Waals surface area contributed by atoms with Crippen LogP contribution in [0.3, 0.4) is 0 Å². The molecule has 23 heavy (non-hydrogen) atoms. The summed E-state index contributed by atoms with van der Waals surface area (Å²) in [6, 6.07) is 0. The van der Waals surface area contributed by atoms with Gasteiger partial charge in [-0.15, -0.1) is 0 Å². The molecule has 0 saturated heterocycles. The SMILES string of the molecule is OP(O)(O)=S.OP(O)(O)=S.[CH2-]CCCCC.[CH2-]CCCCC.[Zn+2]. The molecule has 0 aliphatic heterocycles. The van der Waals surface area contributed by atoms with Gasteiger partial charge in [-0.3, -0.25) is 0 Å². The zero-order valence-corrected chi connectivity index (χ0v) is 20.6. The van der Waals surface area contributed by atoms with Crippen molar-refractivity contribution in [2.45, 2.75) is 65.2 Å². The van der Waals surface area contributed by atoms with Crippen molar-refractivity contribution >= 4 is 37.1 Å². The van der Waals surface area contributed by atoms with Gasteiger partial charge in [0.2, 0.25) is 0 Å². The number of unbranched alkanes of at least 4 members (excludes halogenated alkanes) is 6. The predicted octanol–water partition coefficient (Wildman–Crippen LogP) is 3.17. The van der Waals surface area contributed by atoms with E-state index in [1.807, 2.05) is 0 Å². The second-order valence-corrected chi connectivity index (χ2v) is 9.14. The van der Waals surface area contributed by atoms with Crippen LogP contribution in [0.1, 0.15) is 65.2 Å². The molecule has 0 bridgehead atoms. The first-order chi connectivity index (χ1) is 9.83. The topological polar surface area (TPSA) is 121 Å². The molecule has 0 aromatic rings. The summed E-state index contributed by atoms with van der Waals surface area (Å²) in [6.45, 7) is 4.24. The minimum atomic E-state index is -3.81. The predicted molar refractivity (Wildman–Crippen MR) is 101 cm³/mol. The number of rotatable bonds is 6. The van der Waals surface area contributed by atoms with E-state index in [-0.39, 0.29) is 19.5 Å². The summed E-state index contributed by atoms with van der Waals surface area (Å²) in [6.07, 6.45) is 10.1. The summed E-state index contributed by atoms with van der Waals surface area (Å²) in [5.74, 6) is 0. The maximum absolute atomic E-state index is 7.56. The molecule has 0 aromatic carbocycles. The van der Waals surface area contributed by atoms with Crippen molar-refractivity contribution in [3.05, 3.63) is 13.8 Å². The van der Waals surface area contributed by atoms with E-state index in [1.165, 1.54) is 38.5 Å². The number of hydrogen-bond donors (Lipinski definition) is 6. The smallest absolute Gasteiger partial charge is 0.343 e. The molecule has 11 heteroatoms. The van der Waals surface area contributed by atoms with Gasteiger partial charge in [0.1, 0.15) is 0 Å².